The van der Waals surface area contributed by atoms with Crippen LogP contribution in [0.5, 0.6) is 0 Å². The lowest BCUT2D eigenvalue weighted by molar-refractivity contribution is -0.125. The smallest absolute Gasteiger partial charge is 0.326 e. The minimum atomic E-state index is -0.363. The molecular formula is C22H26FN3O2. The number of carbonyl (C=O) groups excluding carboxylic acids is 2. The van der Waals surface area contributed by atoms with Gasteiger partial charge in [0.25, 0.3) is 0 Å². The van der Waals surface area contributed by atoms with Gasteiger partial charge < -0.3 is 10.6 Å². The van der Waals surface area contributed by atoms with Crippen molar-refractivity contribution in [2.45, 2.75) is 32.1 Å². The predicted molar refractivity (Wildman–Crippen MR) is 109 cm³/mol. The Morgan fingerprint density at radius 3 is 2.32 bits per heavy atom. The van der Waals surface area contributed by atoms with Gasteiger partial charge in [0, 0.05) is 30.4 Å². The monoisotopic (exact) mass is 383 g/mol. The van der Waals surface area contributed by atoms with Crippen molar-refractivity contribution >= 4 is 23.3 Å². The molecule has 0 heterocycles. The summed E-state index contributed by atoms with van der Waals surface area (Å²) in [7, 11) is 0. The van der Waals surface area contributed by atoms with Crippen molar-refractivity contribution < 1.29 is 14.0 Å². The Morgan fingerprint density at radius 1 is 0.964 bits per heavy atom. The van der Waals surface area contributed by atoms with E-state index in [-0.39, 0.29) is 23.7 Å². The quantitative estimate of drug-likeness (QED) is 0.768. The number of hydrogen-bond donors (Lipinski definition) is 2. The maximum atomic E-state index is 13.3. The van der Waals surface area contributed by atoms with E-state index in [0.717, 1.165) is 25.7 Å². The number of benzene rings is 2. The van der Waals surface area contributed by atoms with Gasteiger partial charge in [-0.2, -0.15) is 0 Å². The van der Waals surface area contributed by atoms with Crippen LogP contribution in [0.4, 0.5) is 20.6 Å². The summed E-state index contributed by atoms with van der Waals surface area (Å²) in [5, 5.41) is 5.79. The van der Waals surface area contributed by atoms with Crippen LogP contribution in [0.3, 0.4) is 0 Å². The molecule has 2 aromatic carbocycles. The van der Waals surface area contributed by atoms with Crippen LogP contribution in [-0.2, 0) is 4.79 Å². The molecule has 28 heavy (non-hydrogen) atoms. The molecule has 0 radical (unpaired) electrons. The van der Waals surface area contributed by atoms with E-state index in [1.54, 1.807) is 24.3 Å². The minimum absolute atomic E-state index is 0.0576. The molecule has 0 saturated heterocycles. The fraction of sp³-hybridized carbons (Fsp3) is 0.364. The van der Waals surface area contributed by atoms with Gasteiger partial charge in [-0.3, -0.25) is 9.69 Å². The van der Waals surface area contributed by atoms with Gasteiger partial charge in [0.05, 0.1) is 0 Å². The normalized spacial score (nSPS) is 14.3. The molecule has 3 amide bonds. The second-order valence-corrected chi connectivity index (χ2v) is 7.05. The summed E-state index contributed by atoms with van der Waals surface area (Å²) in [5.41, 5.74) is 1.24. The van der Waals surface area contributed by atoms with Crippen LogP contribution in [0.1, 0.15) is 32.1 Å². The minimum Gasteiger partial charge on any atom is -0.354 e. The number of hydrogen-bond acceptors (Lipinski definition) is 2. The molecule has 1 saturated carbocycles. The van der Waals surface area contributed by atoms with Gasteiger partial charge in [0.2, 0.25) is 5.91 Å². The van der Waals surface area contributed by atoms with E-state index in [0.29, 0.717) is 24.5 Å². The molecule has 1 fully saturated rings. The lowest BCUT2D eigenvalue weighted by Crippen LogP contribution is -2.42. The molecule has 0 atom stereocenters. The first-order valence-electron chi connectivity index (χ1n) is 9.80. The highest BCUT2D eigenvalue weighted by atomic mass is 19.1. The van der Waals surface area contributed by atoms with Crippen molar-refractivity contribution in [3.63, 3.8) is 0 Å². The van der Waals surface area contributed by atoms with E-state index in [2.05, 4.69) is 10.6 Å². The van der Waals surface area contributed by atoms with Gasteiger partial charge in [-0.1, -0.05) is 37.5 Å². The lowest BCUT2D eigenvalue weighted by atomic mass is 9.89. The zero-order chi connectivity index (χ0) is 19.8. The topological polar surface area (TPSA) is 61.4 Å². The Bertz CT molecular complexity index is 774. The van der Waals surface area contributed by atoms with E-state index in [1.807, 2.05) is 18.2 Å². The second kappa shape index (κ2) is 9.88. The fourth-order valence-corrected chi connectivity index (χ4v) is 3.48. The van der Waals surface area contributed by atoms with Gasteiger partial charge >= 0.3 is 6.03 Å². The third-order valence-corrected chi connectivity index (χ3v) is 5.02. The Morgan fingerprint density at radius 2 is 1.64 bits per heavy atom. The number of rotatable bonds is 6. The fourth-order valence-electron chi connectivity index (χ4n) is 3.48. The van der Waals surface area contributed by atoms with E-state index in [1.165, 1.54) is 23.5 Å². The summed E-state index contributed by atoms with van der Waals surface area (Å²) in [4.78, 5) is 26.6. The summed E-state index contributed by atoms with van der Waals surface area (Å²) < 4.78 is 13.3. The number of anilines is 2. The maximum Gasteiger partial charge on any atom is 0.326 e. The van der Waals surface area contributed by atoms with Crippen LogP contribution in [0.25, 0.3) is 0 Å². The molecule has 148 valence electrons. The second-order valence-electron chi connectivity index (χ2n) is 7.05. The Labute approximate surface area is 164 Å². The summed E-state index contributed by atoms with van der Waals surface area (Å²) in [6, 6.07) is 14.6. The standard InChI is InChI=1S/C22H26FN3O2/c23-18-11-13-20(14-12-18)26(22(28)25-19-9-5-2-6-10-19)16-15-24-21(27)17-7-3-1-4-8-17/h2,5-6,9-14,17H,1,3-4,7-8,15-16H2,(H,24,27)(H,25,28). The number of amides is 3. The maximum absolute atomic E-state index is 13.3. The Kier molecular flexibility index (Phi) is 7.00. The van der Waals surface area contributed by atoms with Gasteiger partial charge in [-0.25, -0.2) is 9.18 Å². The molecule has 0 unspecified atom stereocenters. The number of urea groups is 1. The molecule has 0 aromatic heterocycles. The zero-order valence-electron chi connectivity index (χ0n) is 15.9. The molecule has 6 heteroatoms. The number of halogens is 1. The molecule has 5 nitrogen and oxygen atoms in total. The largest absolute Gasteiger partial charge is 0.354 e. The molecule has 0 aliphatic heterocycles. The molecule has 1 aliphatic rings. The lowest BCUT2D eigenvalue weighted by Gasteiger charge is -2.25. The van der Waals surface area contributed by atoms with Crippen LogP contribution in [0, 0.1) is 11.7 Å². The summed E-state index contributed by atoms with van der Waals surface area (Å²) in [6.45, 7) is 0.637. The first-order chi connectivity index (χ1) is 13.6. The highest BCUT2D eigenvalue weighted by molar-refractivity contribution is 6.01. The van der Waals surface area contributed by atoms with Crippen LogP contribution in [0.15, 0.2) is 54.6 Å². The van der Waals surface area contributed by atoms with E-state index in [9.17, 15) is 14.0 Å². The summed E-state index contributed by atoms with van der Waals surface area (Å²) >= 11 is 0. The molecule has 2 aromatic rings. The van der Waals surface area contributed by atoms with E-state index >= 15 is 0 Å². The number of carbonyl (C=O) groups is 2. The Hall–Kier alpha value is -2.89. The molecule has 1 aliphatic carbocycles. The van der Waals surface area contributed by atoms with Crippen LogP contribution in [0.2, 0.25) is 0 Å². The number of para-hydroxylation sites is 1. The average molecular weight is 383 g/mol. The van der Waals surface area contributed by atoms with Crippen molar-refractivity contribution in [3.8, 4) is 0 Å². The molecule has 0 spiro atoms. The van der Waals surface area contributed by atoms with Crippen LogP contribution < -0.4 is 15.5 Å². The van der Waals surface area contributed by atoms with Crippen molar-refractivity contribution in [2.75, 3.05) is 23.3 Å². The third kappa shape index (κ3) is 5.55. The van der Waals surface area contributed by atoms with Crippen molar-refractivity contribution in [1.29, 1.82) is 0 Å². The number of nitrogens with one attached hydrogen (secondary N) is 2. The summed E-state index contributed by atoms with van der Waals surface area (Å²) in [6.07, 6.45) is 5.25. The first-order valence-corrected chi connectivity index (χ1v) is 9.80. The summed E-state index contributed by atoms with van der Waals surface area (Å²) in [5.74, 6) is -0.230. The van der Waals surface area contributed by atoms with Gasteiger partial charge in [0.15, 0.2) is 0 Å². The first kappa shape index (κ1) is 19.9. The van der Waals surface area contributed by atoms with E-state index in [4.69, 9.17) is 0 Å². The van der Waals surface area contributed by atoms with Gasteiger partial charge in [-0.05, 0) is 49.2 Å². The SMILES string of the molecule is O=C(NCCN(C(=O)Nc1ccccc1)c1ccc(F)cc1)C1CCCCC1. The van der Waals surface area contributed by atoms with E-state index < -0.39 is 0 Å². The molecule has 3 rings (SSSR count). The highest BCUT2D eigenvalue weighted by Crippen LogP contribution is 2.23. The predicted octanol–water partition coefficient (Wildman–Crippen LogP) is 4.56. The van der Waals surface area contributed by atoms with Crippen molar-refractivity contribution in [1.82, 2.24) is 5.32 Å². The van der Waals surface area contributed by atoms with Crippen molar-refractivity contribution in [3.05, 3.63) is 60.4 Å². The van der Waals surface area contributed by atoms with Crippen LogP contribution >= 0.6 is 0 Å². The van der Waals surface area contributed by atoms with Crippen LogP contribution in [-0.4, -0.2) is 25.0 Å². The molecule has 2 N–H and O–H groups in total. The zero-order valence-corrected chi connectivity index (χ0v) is 15.9. The Balaban J connectivity index is 1.63. The molecule has 0 bridgehead atoms. The third-order valence-electron chi connectivity index (χ3n) is 5.02. The van der Waals surface area contributed by atoms with Gasteiger partial charge in [-0.15, -0.1) is 0 Å². The highest BCUT2D eigenvalue weighted by Gasteiger charge is 2.21. The molecular weight excluding hydrogens is 357 g/mol. The van der Waals surface area contributed by atoms with Crippen molar-refractivity contribution in [2.24, 2.45) is 5.92 Å². The van der Waals surface area contributed by atoms with Gasteiger partial charge in [0.1, 0.15) is 5.82 Å². The number of nitrogens with zero attached hydrogens (tertiary/aromatic N) is 1. The average Bonchev–Trinajstić information content (AvgIpc) is 2.73.